The molecule has 0 fully saturated rings. The van der Waals surface area contributed by atoms with Gasteiger partial charge in [-0.15, -0.1) is 0 Å². The zero-order chi connectivity index (χ0) is 15.7. The van der Waals surface area contributed by atoms with E-state index >= 15 is 0 Å². The normalized spacial score (nSPS) is 11.5. The van der Waals surface area contributed by atoms with E-state index in [1.165, 1.54) is 12.5 Å². The second-order valence-corrected chi connectivity index (χ2v) is 6.45. The average Bonchev–Trinajstić information content (AvgIpc) is 2.94. The second-order valence-electron chi connectivity index (χ2n) is 4.77. The Kier molecular flexibility index (Phi) is 3.50. The predicted molar refractivity (Wildman–Crippen MR) is 82.5 cm³/mol. The van der Waals surface area contributed by atoms with Crippen LogP contribution in [0.1, 0.15) is 5.56 Å². The Morgan fingerprint density at radius 3 is 2.73 bits per heavy atom. The van der Waals surface area contributed by atoms with Gasteiger partial charge >= 0.3 is 0 Å². The van der Waals surface area contributed by atoms with Crippen molar-refractivity contribution in [2.45, 2.75) is 11.8 Å². The molecule has 1 N–H and O–H groups in total. The van der Waals surface area contributed by atoms with Crippen molar-refractivity contribution in [3.8, 4) is 5.75 Å². The van der Waals surface area contributed by atoms with Gasteiger partial charge in [0.2, 0.25) is 0 Å². The molecule has 0 spiro atoms. The minimum atomic E-state index is -3.68. The van der Waals surface area contributed by atoms with Gasteiger partial charge in [-0.1, -0.05) is 0 Å². The first kappa shape index (κ1) is 14.4. The summed E-state index contributed by atoms with van der Waals surface area (Å²) < 4.78 is 37.7. The van der Waals surface area contributed by atoms with Crippen molar-refractivity contribution >= 4 is 26.8 Å². The van der Waals surface area contributed by atoms with Gasteiger partial charge < -0.3 is 9.15 Å². The number of ether oxygens (including phenoxy) is 1. The molecule has 0 aliphatic carbocycles. The molecule has 0 aliphatic rings. The number of benzene rings is 2. The molecule has 7 heteroatoms. The Balaban J connectivity index is 1.93. The van der Waals surface area contributed by atoms with Crippen molar-refractivity contribution in [2.24, 2.45) is 0 Å². The summed E-state index contributed by atoms with van der Waals surface area (Å²) in [6, 6.07) is 9.61. The maximum absolute atomic E-state index is 12.4. The fourth-order valence-electron chi connectivity index (χ4n) is 2.15. The standard InChI is InChI=1S/C15H14N2O4S/c1-10-7-12(4-6-14(10)20-2)22(18,19)17-11-3-5-15-13(8-11)16-9-21-15/h3-9,17H,1-2H3. The third kappa shape index (κ3) is 2.62. The molecule has 0 radical (unpaired) electrons. The average molecular weight is 318 g/mol. The van der Waals surface area contributed by atoms with Crippen LogP contribution in [-0.4, -0.2) is 20.5 Å². The molecule has 3 rings (SSSR count). The van der Waals surface area contributed by atoms with Gasteiger partial charge in [0.25, 0.3) is 10.0 Å². The van der Waals surface area contributed by atoms with E-state index in [9.17, 15) is 8.42 Å². The lowest BCUT2D eigenvalue weighted by Gasteiger charge is -2.10. The topological polar surface area (TPSA) is 81.4 Å². The van der Waals surface area contributed by atoms with Crippen molar-refractivity contribution < 1.29 is 17.6 Å². The summed E-state index contributed by atoms with van der Waals surface area (Å²) in [7, 11) is -2.13. The van der Waals surface area contributed by atoms with Crippen LogP contribution in [0, 0.1) is 6.92 Å². The number of hydrogen-bond acceptors (Lipinski definition) is 5. The van der Waals surface area contributed by atoms with Crippen LogP contribution in [0.15, 0.2) is 52.1 Å². The van der Waals surface area contributed by atoms with Crippen LogP contribution in [0.2, 0.25) is 0 Å². The Hall–Kier alpha value is -2.54. The number of methoxy groups -OCH3 is 1. The smallest absolute Gasteiger partial charge is 0.261 e. The summed E-state index contributed by atoms with van der Waals surface area (Å²) in [4.78, 5) is 4.17. The van der Waals surface area contributed by atoms with Crippen molar-refractivity contribution in [2.75, 3.05) is 11.8 Å². The van der Waals surface area contributed by atoms with E-state index in [4.69, 9.17) is 9.15 Å². The lowest BCUT2D eigenvalue weighted by atomic mass is 10.2. The Morgan fingerprint density at radius 2 is 2.00 bits per heavy atom. The molecule has 0 unspecified atom stereocenters. The van der Waals surface area contributed by atoms with E-state index in [-0.39, 0.29) is 4.90 Å². The largest absolute Gasteiger partial charge is 0.496 e. The van der Waals surface area contributed by atoms with E-state index in [0.717, 1.165) is 5.56 Å². The van der Waals surface area contributed by atoms with Gasteiger partial charge in [-0.2, -0.15) is 0 Å². The first-order valence-electron chi connectivity index (χ1n) is 6.50. The second kappa shape index (κ2) is 5.34. The van der Waals surface area contributed by atoms with Crippen molar-refractivity contribution in [3.05, 3.63) is 48.4 Å². The summed E-state index contributed by atoms with van der Waals surface area (Å²) >= 11 is 0. The number of nitrogens with one attached hydrogen (secondary N) is 1. The summed E-state index contributed by atoms with van der Waals surface area (Å²) in [5, 5.41) is 0. The van der Waals surface area contributed by atoms with Gasteiger partial charge in [0.1, 0.15) is 11.3 Å². The monoisotopic (exact) mass is 318 g/mol. The minimum Gasteiger partial charge on any atom is -0.496 e. The highest BCUT2D eigenvalue weighted by molar-refractivity contribution is 7.92. The molecule has 0 saturated carbocycles. The zero-order valence-corrected chi connectivity index (χ0v) is 12.8. The molecule has 3 aromatic rings. The highest BCUT2D eigenvalue weighted by atomic mass is 32.2. The molecular formula is C15H14N2O4S. The van der Waals surface area contributed by atoms with Crippen molar-refractivity contribution in [1.29, 1.82) is 0 Å². The molecule has 0 saturated heterocycles. The molecule has 22 heavy (non-hydrogen) atoms. The molecule has 6 nitrogen and oxygen atoms in total. The zero-order valence-electron chi connectivity index (χ0n) is 12.0. The summed E-state index contributed by atoms with van der Waals surface area (Å²) in [6.45, 7) is 1.79. The fraction of sp³-hybridized carbons (Fsp3) is 0.133. The number of aromatic nitrogens is 1. The number of oxazole rings is 1. The summed E-state index contributed by atoms with van der Waals surface area (Å²) in [5.41, 5.74) is 2.36. The SMILES string of the molecule is COc1ccc(S(=O)(=O)Nc2ccc3ocnc3c2)cc1C. The van der Waals surface area contributed by atoms with E-state index in [1.54, 1.807) is 44.4 Å². The number of anilines is 1. The van der Waals surface area contributed by atoms with Gasteiger partial charge in [0, 0.05) is 0 Å². The number of aryl methyl sites for hydroxylation is 1. The Morgan fingerprint density at radius 1 is 1.18 bits per heavy atom. The van der Waals surface area contributed by atoms with E-state index in [0.29, 0.717) is 22.5 Å². The highest BCUT2D eigenvalue weighted by Crippen LogP contribution is 2.24. The van der Waals surface area contributed by atoms with Crippen LogP contribution in [0.3, 0.4) is 0 Å². The molecule has 1 heterocycles. The number of fused-ring (bicyclic) bond motifs is 1. The first-order chi connectivity index (χ1) is 10.5. The third-order valence-electron chi connectivity index (χ3n) is 3.26. The fourth-order valence-corrected chi connectivity index (χ4v) is 3.29. The quantitative estimate of drug-likeness (QED) is 0.800. The lowest BCUT2D eigenvalue weighted by Crippen LogP contribution is -2.13. The van der Waals surface area contributed by atoms with E-state index in [2.05, 4.69) is 9.71 Å². The third-order valence-corrected chi connectivity index (χ3v) is 4.64. The minimum absolute atomic E-state index is 0.172. The number of nitrogens with zero attached hydrogens (tertiary/aromatic N) is 1. The van der Waals surface area contributed by atoms with Crippen molar-refractivity contribution in [3.63, 3.8) is 0 Å². The van der Waals surface area contributed by atoms with Crippen LogP contribution < -0.4 is 9.46 Å². The number of hydrogen-bond donors (Lipinski definition) is 1. The van der Waals surface area contributed by atoms with Crippen LogP contribution in [0.5, 0.6) is 5.75 Å². The van der Waals surface area contributed by atoms with Gasteiger partial charge in [-0.05, 0) is 48.9 Å². The summed E-state index contributed by atoms with van der Waals surface area (Å²) in [6.07, 6.45) is 1.32. The number of sulfonamides is 1. The molecule has 0 atom stereocenters. The highest BCUT2D eigenvalue weighted by Gasteiger charge is 2.16. The molecule has 0 bridgehead atoms. The maximum Gasteiger partial charge on any atom is 0.261 e. The molecule has 0 amide bonds. The van der Waals surface area contributed by atoms with Crippen molar-refractivity contribution in [1.82, 2.24) is 4.98 Å². The van der Waals surface area contributed by atoms with Crippen LogP contribution in [-0.2, 0) is 10.0 Å². The van der Waals surface area contributed by atoms with E-state index in [1.807, 2.05) is 0 Å². The maximum atomic E-state index is 12.4. The lowest BCUT2D eigenvalue weighted by molar-refractivity contribution is 0.411. The van der Waals surface area contributed by atoms with Crippen LogP contribution in [0.25, 0.3) is 11.1 Å². The van der Waals surface area contributed by atoms with Crippen LogP contribution in [0.4, 0.5) is 5.69 Å². The Labute approximate surface area is 127 Å². The predicted octanol–water partition coefficient (Wildman–Crippen LogP) is 2.95. The van der Waals surface area contributed by atoms with Gasteiger partial charge in [-0.25, -0.2) is 13.4 Å². The van der Waals surface area contributed by atoms with Gasteiger partial charge in [-0.3, -0.25) is 4.72 Å². The molecule has 0 aliphatic heterocycles. The number of rotatable bonds is 4. The van der Waals surface area contributed by atoms with Gasteiger partial charge in [0.15, 0.2) is 12.0 Å². The first-order valence-corrected chi connectivity index (χ1v) is 7.98. The molecule has 1 aromatic heterocycles. The van der Waals surface area contributed by atoms with Crippen LogP contribution >= 0.6 is 0 Å². The Bertz CT molecular complexity index is 932. The molecule has 114 valence electrons. The summed E-state index contributed by atoms with van der Waals surface area (Å²) in [5.74, 6) is 0.642. The van der Waals surface area contributed by atoms with E-state index < -0.39 is 10.0 Å². The van der Waals surface area contributed by atoms with Gasteiger partial charge in [0.05, 0.1) is 17.7 Å². The molecule has 2 aromatic carbocycles. The molecular weight excluding hydrogens is 304 g/mol.